The Labute approximate surface area is 96.4 Å². The molecule has 0 spiro atoms. The molecule has 7 heteroatoms. The van der Waals surface area contributed by atoms with E-state index in [4.69, 9.17) is 0 Å². The molecule has 0 aliphatic rings. The van der Waals surface area contributed by atoms with Crippen LogP contribution in [0.4, 0.5) is 13.2 Å². The summed E-state index contributed by atoms with van der Waals surface area (Å²) in [6.07, 6.45) is 1.46. The van der Waals surface area contributed by atoms with E-state index in [1.165, 1.54) is 9.09 Å². The SMILES string of the molecule is Fc1cc(-c2cn(I)nn2)cc(F)c1F. The van der Waals surface area contributed by atoms with Crippen LogP contribution in [0.15, 0.2) is 18.3 Å². The number of halogens is 4. The zero-order valence-corrected chi connectivity index (χ0v) is 9.24. The van der Waals surface area contributed by atoms with E-state index in [9.17, 15) is 13.2 Å². The lowest BCUT2D eigenvalue weighted by atomic mass is 10.1. The zero-order valence-electron chi connectivity index (χ0n) is 7.09. The average molecular weight is 325 g/mol. The number of rotatable bonds is 1. The molecule has 0 atom stereocenters. The van der Waals surface area contributed by atoms with E-state index in [0.29, 0.717) is 0 Å². The maximum absolute atomic E-state index is 12.9. The maximum Gasteiger partial charge on any atom is 0.194 e. The van der Waals surface area contributed by atoms with Crippen LogP contribution in [0.5, 0.6) is 0 Å². The van der Waals surface area contributed by atoms with E-state index >= 15 is 0 Å². The van der Waals surface area contributed by atoms with E-state index in [-0.39, 0.29) is 11.3 Å². The Morgan fingerprint density at radius 3 is 2.20 bits per heavy atom. The molecule has 0 N–H and O–H groups in total. The van der Waals surface area contributed by atoms with Crippen molar-refractivity contribution in [1.29, 1.82) is 0 Å². The molecular formula is C8H3F3IN3. The van der Waals surface area contributed by atoms with Crippen molar-refractivity contribution in [3.05, 3.63) is 35.8 Å². The molecule has 1 heterocycles. The van der Waals surface area contributed by atoms with E-state index < -0.39 is 17.5 Å². The number of aromatic nitrogens is 3. The highest BCUT2D eigenvalue weighted by molar-refractivity contribution is 14.1. The van der Waals surface area contributed by atoms with Gasteiger partial charge in [-0.1, -0.05) is 5.21 Å². The molecule has 0 radical (unpaired) electrons. The fourth-order valence-electron chi connectivity index (χ4n) is 1.08. The van der Waals surface area contributed by atoms with E-state index in [1.54, 1.807) is 0 Å². The first-order valence-corrected chi connectivity index (χ1v) is 4.78. The molecule has 0 amide bonds. The number of benzene rings is 1. The molecular weight excluding hydrogens is 322 g/mol. The van der Waals surface area contributed by atoms with Crippen LogP contribution in [0.25, 0.3) is 11.3 Å². The first-order valence-electron chi connectivity index (χ1n) is 3.81. The van der Waals surface area contributed by atoms with E-state index in [0.717, 1.165) is 12.1 Å². The highest BCUT2D eigenvalue weighted by Gasteiger charge is 2.13. The predicted octanol–water partition coefficient (Wildman–Crippen LogP) is 2.56. The highest BCUT2D eigenvalue weighted by atomic mass is 127. The molecule has 0 aliphatic carbocycles. The molecule has 0 saturated heterocycles. The van der Waals surface area contributed by atoms with Crippen molar-refractivity contribution in [3.63, 3.8) is 0 Å². The summed E-state index contributed by atoms with van der Waals surface area (Å²) >= 11 is 1.83. The van der Waals surface area contributed by atoms with Crippen molar-refractivity contribution >= 4 is 22.9 Å². The monoisotopic (exact) mass is 325 g/mol. The van der Waals surface area contributed by atoms with Gasteiger partial charge in [0.15, 0.2) is 17.5 Å². The number of hydrogen-bond donors (Lipinski definition) is 0. The molecule has 78 valence electrons. The van der Waals surface area contributed by atoms with Gasteiger partial charge in [0.2, 0.25) is 0 Å². The fraction of sp³-hybridized carbons (Fsp3) is 0. The van der Waals surface area contributed by atoms with Crippen LogP contribution in [0.2, 0.25) is 0 Å². The predicted molar refractivity (Wildman–Crippen MR) is 54.7 cm³/mol. The van der Waals surface area contributed by atoms with Gasteiger partial charge in [0, 0.05) is 5.56 Å². The third-order valence-electron chi connectivity index (χ3n) is 1.75. The van der Waals surface area contributed by atoms with Crippen molar-refractivity contribution in [1.82, 2.24) is 13.2 Å². The van der Waals surface area contributed by atoms with Gasteiger partial charge in [-0.05, 0) is 12.1 Å². The molecule has 1 aromatic heterocycles. The molecule has 3 nitrogen and oxygen atoms in total. The quantitative estimate of drug-likeness (QED) is 0.596. The van der Waals surface area contributed by atoms with Gasteiger partial charge < -0.3 is 0 Å². The van der Waals surface area contributed by atoms with E-state index in [1.807, 2.05) is 22.9 Å². The van der Waals surface area contributed by atoms with Crippen LogP contribution in [-0.4, -0.2) is 13.2 Å². The minimum Gasteiger partial charge on any atom is -0.204 e. The van der Waals surface area contributed by atoms with Crippen molar-refractivity contribution in [2.75, 3.05) is 0 Å². The Hall–Kier alpha value is -1.12. The van der Waals surface area contributed by atoms with Gasteiger partial charge in [-0.3, -0.25) is 0 Å². The number of hydrogen-bond acceptors (Lipinski definition) is 2. The van der Waals surface area contributed by atoms with Gasteiger partial charge in [-0.25, -0.2) is 13.2 Å². The van der Waals surface area contributed by atoms with E-state index in [2.05, 4.69) is 10.3 Å². The average Bonchev–Trinajstić information content (AvgIpc) is 2.60. The van der Waals surface area contributed by atoms with Crippen LogP contribution < -0.4 is 0 Å². The second-order valence-corrected chi connectivity index (χ2v) is 3.73. The van der Waals surface area contributed by atoms with Gasteiger partial charge in [0.1, 0.15) is 5.69 Å². The normalized spacial score (nSPS) is 10.7. The lowest BCUT2D eigenvalue weighted by molar-refractivity contribution is 0.447. The van der Waals surface area contributed by atoms with Crippen LogP contribution in [-0.2, 0) is 0 Å². The van der Waals surface area contributed by atoms with Gasteiger partial charge in [0.25, 0.3) is 0 Å². The summed E-state index contributed by atoms with van der Waals surface area (Å²) in [5, 5.41) is 7.24. The molecule has 1 aromatic carbocycles. The van der Waals surface area contributed by atoms with Gasteiger partial charge >= 0.3 is 0 Å². The van der Waals surface area contributed by atoms with Crippen LogP contribution in [0.3, 0.4) is 0 Å². The second-order valence-electron chi connectivity index (χ2n) is 2.75. The van der Waals surface area contributed by atoms with Crippen LogP contribution >= 0.6 is 22.9 Å². The topological polar surface area (TPSA) is 30.7 Å². The standard InChI is InChI=1S/C8H3F3IN3/c9-5-1-4(2-6(10)8(5)11)7-3-15(12)14-13-7/h1-3H. The van der Waals surface area contributed by atoms with Crippen molar-refractivity contribution in [3.8, 4) is 11.3 Å². The Bertz CT molecular complexity index is 489. The first-order chi connectivity index (χ1) is 7.08. The third kappa shape index (κ3) is 1.96. The lowest BCUT2D eigenvalue weighted by Gasteiger charge is -1.98. The van der Waals surface area contributed by atoms with Crippen molar-refractivity contribution < 1.29 is 13.2 Å². The smallest absolute Gasteiger partial charge is 0.194 e. The summed E-state index contributed by atoms with van der Waals surface area (Å²) in [5.41, 5.74) is 0.427. The molecule has 2 rings (SSSR count). The summed E-state index contributed by atoms with van der Waals surface area (Å²) in [6, 6.07) is 1.75. The summed E-state index contributed by atoms with van der Waals surface area (Å²) in [7, 11) is 0. The van der Waals surface area contributed by atoms with Gasteiger partial charge in [-0.2, -0.15) is 2.90 Å². The Morgan fingerprint density at radius 1 is 1.13 bits per heavy atom. The van der Waals surface area contributed by atoms with Gasteiger partial charge in [0.05, 0.1) is 29.1 Å². The second kappa shape index (κ2) is 3.80. The molecule has 0 unspecified atom stereocenters. The third-order valence-corrected chi connectivity index (χ3v) is 2.22. The molecule has 0 saturated carbocycles. The van der Waals surface area contributed by atoms with Gasteiger partial charge in [-0.15, -0.1) is 5.10 Å². The van der Waals surface area contributed by atoms with Crippen LogP contribution in [0.1, 0.15) is 0 Å². The summed E-state index contributed by atoms with van der Waals surface area (Å²) in [5.74, 6) is -3.97. The molecule has 15 heavy (non-hydrogen) atoms. The van der Waals surface area contributed by atoms with Crippen molar-refractivity contribution in [2.24, 2.45) is 0 Å². The largest absolute Gasteiger partial charge is 0.204 e. The summed E-state index contributed by atoms with van der Waals surface area (Å²) in [4.78, 5) is 0. The first kappa shape index (κ1) is 10.4. The fourth-order valence-corrected chi connectivity index (χ4v) is 1.44. The summed E-state index contributed by atoms with van der Waals surface area (Å²) in [6.45, 7) is 0. The Kier molecular flexibility index (Phi) is 2.63. The Balaban J connectivity index is 2.55. The van der Waals surface area contributed by atoms with Crippen molar-refractivity contribution in [2.45, 2.75) is 0 Å². The Morgan fingerprint density at radius 2 is 1.73 bits per heavy atom. The number of nitrogens with zero attached hydrogens (tertiary/aromatic N) is 3. The minimum atomic E-state index is -1.49. The zero-order chi connectivity index (χ0) is 11.0. The molecule has 0 aliphatic heterocycles. The molecule has 0 bridgehead atoms. The molecule has 2 aromatic rings. The minimum absolute atomic E-state index is 0.148. The molecule has 0 fully saturated rings. The summed E-state index contributed by atoms with van der Waals surface area (Å²) < 4.78 is 39.7. The maximum atomic E-state index is 12.9. The van der Waals surface area contributed by atoms with Crippen LogP contribution in [0, 0.1) is 17.5 Å². The highest BCUT2D eigenvalue weighted by Crippen LogP contribution is 2.21. The lowest BCUT2D eigenvalue weighted by Crippen LogP contribution is -1.91.